The van der Waals surface area contributed by atoms with Crippen molar-refractivity contribution < 1.29 is 4.74 Å². The first-order chi connectivity index (χ1) is 9.20. The van der Waals surface area contributed by atoms with Crippen LogP contribution in [0.25, 0.3) is 0 Å². The molecular formula is C13H19ClN4O. The van der Waals surface area contributed by atoms with Gasteiger partial charge in [0.15, 0.2) is 0 Å². The van der Waals surface area contributed by atoms with E-state index in [0.29, 0.717) is 5.15 Å². The topological polar surface area (TPSA) is 44.0 Å². The van der Waals surface area contributed by atoms with Gasteiger partial charge >= 0.3 is 0 Å². The van der Waals surface area contributed by atoms with Gasteiger partial charge in [-0.1, -0.05) is 11.6 Å². The molecule has 0 aliphatic heterocycles. The molecule has 6 heteroatoms. The van der Waals surface area contributed by atoms with Crippen LogP contribution in [0.3, 0.4) is 0 Å². The number of methoxy groups -OCH3 is 1. The number of nitrogens with zero attached hydrogens (tertiary/aromatic N) is 3. The Bertz CT molecular complexity index is 520. The van der Waals surface area contributed by atoms with Crippen LogP contribution in [-0.4, -0.2) is 34.4 Å². The predicted molar refractivity (Wildman–Crippen MR) is 75.3 cm³/mol. The number of imidazole rings is 1. The van der Waals surface area contributed by atoms with E-state index in [9.17, 15) is 0 Å². The molecule has 1 N–H and O–H groups in total. The minimum atomic E-state index is 0.656. The largest absolute Gasteiger partial charge is 0.383 e. The number of nitrogens with one attached hydrogen (secondary N) is 1. The monoisotopic (exact) mass is 282 g/mol. The fraction of sp³-hybridized carbons (Fsp3) is 0.462. The SMILES string of the molecule is COCCNCc1ccn(Cc2ncc(Cl)n2C)c1. The average molecular weight is 283 g/mol. The van der Waals surface area contributed by atoms with Crippen LogP contribution >= 0.6 is 11.6 Å². The minimum Gasteiger partial charge on any atom is -0.383 e. The lowest BCUT2D eigenvalue weighted by molar-refractivity contribution is 0.199. The molecule has 0 aliphatic rings. The summed E-state index contributed by atoms with van der Waals surface area (Å²) in [5.41, 5.74) is 1.25. The molecule has 0 saturated heterocycles. The molecule has 5 nitrogen and oxygen atoms in total. The smallest absolute Gasteiger partial charge is 0.129 e. The van der Waals surface area contributed by atoms with E-state index in [0.717, 1.165) is 32.1 Å². The zero-order valence-corrected chi connectivity index (χ0v) is 12.0. The lowest BCUT2D eigenvalue weighted by Crippen LogP contribution is -2.18. The van der Waals surface area contributed by atoms with Crippen molar-refractivity contribution >= 4 is 11.6 Å². The Balaban J connectivity index is 1.88. The molecule has 2 aromatic rings. The highest BCUT2D eigenvalue weighted by Gasteiger charge is 2.05. The molecular weight excluding hydrogens is 264 g/mol. The third kappa shape index (κ3) is 3.83. The molecule has 0 aromatic carbocycles. The first kappa shape index (κ1) is 14.1. The van der Waals surface area contributed by atoms with Crippen LogP contribution in [-0.2, 0) is 24.9 Å². The molecule has 0 atom stereocenters. The van der Waals surface area contributed by atoms with E-state index in [1.807, 2.05) is 11.6 Å². The van der Waals surface area contributed by atoms with Gasteiger partial charge in [-0.25, -0.2) is 4.98 Å². The van der Waals surface area contributed by atoms with Crippen molar-refractivity contribution in [3.05, 3.63) is 41.2 Å². The van der Waals surface area contributed by atoms with Gasteiger partial charge < -0.3 is 19.2 Å². The standard InChI is InChI=1S/C13H19ClN4O/c1-17-12(14)8-16-13(17)10-18-5-3-11(9-18)7-15-4-6-19-2/h3,5,8-9,15H,4,6-7,10H2,1-2H3. The summed E-state index contributed by atoms with van der Waals surface area (Å²) in [5, 5.41) is 3.97. The number of halogens is 1. The van der Waals surface area contributed by atoms with Crippen molar-refractivity contribution in [2.75, 3.05) is 20.3 Å². The maximum absolute atomic E-state index is 5.97. The van der Waals surface area contributed by atoms with Crippen molar-refractivity contribution in [1.29, 1.82) is 0 Å². The van der Waals surface area contributed by atoms with E-state index >= 15 is 0 Å². The third-order valence-corrected chi connectivity index (χ3v) is 3.33. The van der Waals surface area contributed by atoms with Crippen LogP contribution in [0.5, 0.6) is 0 Å². The van der Waals surface area contributed by atoms with Gasteiger partial charge in [0, 0.05) is 39.6 Å². The van der Waals surface area contributed by atoms with Crippen molar-refractivity contribution in [3.8, 4) is 0 Å². The second kappa shape index (κ2) is 6.75. The highest BCUT2D eigenvalue weighted by molar-refractivity contribution is 6.29. The molecule has 2 heterocycles. The fourth-order valence-electron chi connectivity index (χ4n) is 1.83. The Labute approximate surface area is 118 Å². The molecule has 2 rings (SSSR count). The first-order valence-corrected chi connectivity index (χ1v) is 6.59. The molecule has 0 spiro atoms. The lowest BCUT2D eigenvalue weighted by Gasteiger charge is -2.04. The summed E-state index contributed by atoms with van der Waals surface area (Å²) in [6.07, 6.45) is 5.84. The van der Waals surface area contributed by atoms with Crippen LogP contribution in [0.15, 0.2) is 24.7 Å². The molecule has 2 aromatic heterocycles. The second-order valence-electron chi connectivity index (χ2n) is 4.42. The van der Waals surface area contributed by atoms with Crippen LogP contribution in [0.2, 0.25) is 5.15 Å². The fourth-order valence-corrected chi connectivity index (χ4v) is 1.98. The molecule has 0 amide bonds. The summed E-state index contributed by atoms with van der Waals surface area (Å²) in [5.74, 6) is 0.944. The van der Waals surface area contributed by atoms with Crippen molar-refractivity contribution in [2.45, 2.75) is 13.1 Å². The summed E-state index contributed by atoms with van der Waals surface area (Å²) in [7, 11) is 3.62. The van der Waals surface area contributed by atoms with Gasteiger partial charge in [-0.05, 0) is 11.6 Å². The molecule has 0 bridgehead atoms. The summed E-state index contributed by atoms with van der Waals surface area (Å²) in [6.45, 7) is 3.15. The van der Waals surface area contributed by atoms with E-state index < -0.39 is 0 Å². The van der Waals surface area contributed by atoms with Gasteiger partial charge in [0.2, 0.25) is 0 Å². The van der Waals surface area contributed by atoms with Crippen molar-refractivity contribution in [1.82, 2.24) is 19.4 Å². The highest BCUT2D eigenvalue weighted by atomic mass is 35.5. The van der Waals surface area contributed by atoms with E-state index in [-0.39, 0.29) is 0 Å². The Morgan fingerprint density at radius 3 is 3.00 bits per heavy atom. The second-order valence-corrected chi connectivity index (χ2v) is 4.81. The summed E-state index contributed by atoms with van der Waals surface area (Å²) in [6, 6.07) is 2.10. The predicted octanol–water partition coefficient (Wildman–Crippen LogP) is 1.66. The van der Waals surface area contributed by atoms with Crippen LogP contribution in [0.4, 0.5) is 0 Å². The number of ether oxygens (including phenoxy) is 1. The summed E-state index contributed by atoms with van der Waals surface area (Å²) < 4.78 is 8.98. The quantitative estimate of drug-likeness (QED) is 0.786. The molecule has 0 unspecified atom stereocenters. The van der Waals surface area contributed by atoms with Gasteiger partial charge in [0.1, 0.15) is 11.0 Å². The Morgan fingerprint density at radius 2 is 2.32 bits per heavy atom. The molecule has 0 fully saturated rings. The zero-order valence-electron chi connectivity index (χ0n) is 11.3. The van der Waals surface area contributed by atoms with Gasteiger partial charge in [-0.15, -0.1) is 0 Å². The van der Waals surface area contributed by atoms with Gasteiger partial charge in [-0.3, -0.25) is 0 Å². The van der Waals surface area contributed by atoms with Gasteiger partial charge in [0.25, 0.3) is 0 Å². The number of aromatic nitrogens is 3. The van der Waals surface area contributed by atoms with E-state index in [1.165, 1.54) is 5.56 Å². The molecule has 19 heavy (non-hydrogen) atoms. The molecule has 0 saturated carbocycles. The number of rotatable bonds is 7. The van der Waals surface area contributed by atoms with Crippen LogP contribution in [0, 0.1) is 0 Å². The number of hydrogen-bond donors (Lipinski definition) is 1. The Hall–Kier alpha value is -1.30. The highest BCUT2D eigenvalue weighted by Crippen LogP contribution is 2.11. The minimum absolute atomic E-state index is 0.656. The molecule has 104 valence electrons. The number of hydrogen-bond acceptors (Lipinski definition) is 3. The maximum Gasteiger partial charge on any atom is 0.129 e. The normalized spacial score (nSPS) is 11.1. The van der Waals surface area contributed by atoms with Gasteiger partial charge in [-0.2, -0.15) is 0 Å². The van der Waals surface area contributed by atoms with Crippen LogP contribution < -0.4 is 5.32 Å². The van der Waals surface area contributed by atoms with E-state index in [4.69, 9.17) is 16.3 Å². The lowest BCUT2D eigenvalue weighted by atomic mass is 10.3. The van der Waals surface area contributed by atoms with E-state index in [1.54, 1.807) is 13.3 Å². The molecule has 0 aliphatic carbocycles. The van der Waals surface area contributed by atoms with Crippen molar-refractivity contribution in [3.63, 3.8) is 0 Å². The zero-order chi connectivity index (χ0) is 13.7. The Kier molecular flexibility index (Phi) is 5.01. The third-order valence-electron chi connectivity index (χ3n) is 2.98. The summed E-state index contributed by atoms with van der Waals surface area (Å²) in [4.78, 5) is 4.28. The first-order valence-electron chi connectivity index (χ1n) is 6.21. The van der Waals surface area contributed by atoms with Crippen molar-refractivity contribution in [2.24, 2.45) is 7.05 Å². The van der Waals surface area contributed by atoms with Crippen LogP contribution in [0.1, 0.15) is 11.4 Å². The van der Waals surface area contributed by atoms with E-state index in [2.05, 4.69) is 33.3 Å². The maximum atomic E-state index is 5.97. The molecule has 0 radical (unpaired) electrons. The Morgan fingerprint density at radius 1 is 1.47 bits per heavy atom. The average Bonchev–Trinajstić information content (AvgIpc) is 2.97. The van der Waals surface area contributed by atoms with Gasteiger partial charge in [0.05, 0.1) is 19.3 Å². The summed E-state index contributed by atoms with van der Waals surface area (Å²) >= 11 is 5.97.